The Morgan fingerprint density at radius 3 is 2.50 bits per heavy atom. The van der Waals surface area contributed by atoms with Gasteiger partial charge in [0.05, 0.1) is 0 Å². The molecule has 1 aliphatic carbocycles. The van der Waals surface area contributed by atoms with Gasteiger partial charge in [-0.15, -0.1) is 10.1 Å². The molecular weight excluding hydrogens is 166 g/mol. The summed E-state index contributed by atoms with van der Waals surface area (Å²) in [6, 6.07) is 0. The molecule has 6 nitrogen and oxygen atoms in total. The standard InChI is InChI=1S/C6H9NO5/c8-6(12-7(9)10)11-5-3-1-2-4-5/h5H,1-4H2. The Hall–Kier alpha value is -1.33. The first kappa shape index (κ1) is 8.76. The molecule has 0 aromatic carbocycles. The Bertz CT molecular complexity index is 186. The van der Waals surface area contributed by atoms with Crippen LogP contribution in [0.25, 0.3) is 0 Å². The first-order chi connectivity index (χ1) is 5.68. The number of nitrogens with zero attached hydrogens (tertiary/aromatic N) is 1. The first-order valence-corrected chi connectivity index (χ1v) is 3.71. The molecule has 1 aliphatic rings. The fraction of sp³-hybridized carbons (Fsp3) is 0.833. The number of hydrogen-bond donors (Lipinski definition) is 0. The van der Waals surface area contributed by atoms with E-state index in [2.05, 4.69) is 9.57 Å². The molecule has 0 saturated heterocycles. The Morgan fingerprint density at radius 1 is 1.42 bits per heavy atom. The molecule has 12 heavy (non-hydrogen) atoms. The maximum atomic E-state index is 10.5. The van der Waals surface area contributed by atoms with Gasteiger partial charge in [0.25, 0.3) is 0 Å². The minimum atomic E-state index is -1.22. The third kappa shape index (κ3) is 2.73. The highest BCUT2D eigenvalue weighted by atomic mass is 17.0. The van der Waals surface area contributed by atoms with Gasteiger partial charge in [-0.05, 0) is 25.7 Å². The van der Waals surface area contributed by atoms with E-state index in [1.165, 1.54) is 0 Å². The molecule has 0 bridgehead atoms. The third-order valence-electron chi connectivity index (χ3n) is 1.71. The predicted molar refractivity (Wildman–Crippen MR) is 36.8 cm³/mol. The summed E-state index contributed by atoms with van der Waals surface area (Å²) in [6.07, 6.45) is 2.12. The van der Waals surface area contributed by atoms with E-state index in [4.69, 9.17) is 0 Å². The molecular formula is C6H9NO5. The summed E-state index contributed by atoms with van der Waals surface area (Å²) in [6.45, 7) is 0. The zero-order chi connectivity index (χ0) is 8.97. The second kappa shape index (κ2) is 3.89. The maximum Gasteiger partial charge on any atom is 0.486 e. The molecule has 0 atom stereocenters. The Labute approximate surface area is 68.6 Å². The predicted octanol–water partition coefficient (Wildman–Crippen LogP) is 1.27. The summed E-state index contributed by atoms with van der Waals surface area (Å²) in [5, 5.41) is 8.50. The van der Waals surface area contributed by atoms with Gasteiger partial charge in [0.15, 0.2) is 0 Å². The van der Waals surface area contributed by atoms with Crippen molar-refractivity contribution in [2.45, 2.75) is 31.8 Å². The van der Waals surface area contributed by atoms with Crippen LogP contribution >= 0.6 is 0 Å². The quantitative estimate of drug-likeness (QED) is 0.358. The molecule has 0 radical (unpaired) electrons. The summed E-state index contributed by atoms with van der Waals surface area (Å²) >= 11 is 0. The highest BCUT2D eigenvalue weighted by Crippen LogP contribution is 2.21. The summed E-state index contributed by atoms with van der Waals surface area (Å²) in [7, 11) is 0. The number of rotatable bonds is 2. The summed E-state index contributed by atoms with van der Waals surface area (Å²) in [5.74, 6) is 0. The highest BCUT2D eigenvalue weighted by molar-refractivity contribution is 5.59. The van der Waals surface area contributed by atoms with Crippen molar-refractivity contribution in [2.75, 3.05) is 0 Å². The number of carbonyl (C=O) groups excluding carboxylic acids is 1. The zero-order valence-corrected chi connectivity index (χ0v) is 6.39. The zero-order valence-electron chi connectivity index (χ0n) is 6.39. The molecule has 0 N–H and O–H groups in total. The van der Waals surface area contributed by atoms with E-state index in [0.29, 0.717) is 0 Å². The Kier molecular flexibility index (Phi) is 2.84. The van der Waals surface area contributed by atoms with Crippen molar-refractivity contribution in [1.82, 2.24) is 0 Å². The van der Waals surface area contributed by atoms with Gasteiger partial charge < -0.3 is 4.74 Å². The third-order valence-corrected chi connectivity index (χ3v) is 1.71. The lowest BCUT2D eigenvalue weighted by atomic mass is 10.3. The van der Waals surface area contributed by atoms with E-state index in [-0.39, 0.29) is 6.10 Å². The number of carbonyl (C=O) groups is 1. The molecule has 1 rings (SSSR count). The van der Waals surface area contributed by atoms with Crippen LogP contribution in [-0.2, 0) is 9.57 Å². The summed E-state index contributed by atoms with van der Waals surface area (Å²) < 4.78 is 4.62. The lowest BCUT2D eigenvalue weighted by Gasteiger charge is -2.08. The van der Waals surface area contributed by atoms with Crippen LogP contribution in [-0.4, -0.2) is 17.3 Å². The normalized spacial score (nSPS) is 17.3. The lowest BCUT2D eigenvalue weighted by molar-refractivity contribution is -0.731. The van der Waals surface area contributed by atoms with E-state index in [0.717, 1.165) is 25.7 Å². The second-order valence-corrected chi connectivity index (χ2v) is 2.59. The Morgan fingerprint density at radius 2 is 2.00 bits per heavy atom. The number of ether oxygens (including phenoxy) is 1. The minimum Gasteiger partial charge on any atom is -0.442 e. The molecule has 0 unspecified atom stereocenters. The second-order valence-electron chi connectivity index (χ2n) is 2.59. The Balaban J connectivity index is 2.20. The van der Waals surface area contributed by atoms with Gasteiger partial charge in [-0.3, -0.25) is 0 Å². The van der Waals surface area contributed by atoms with Crippen molar-refractivity contribution in [3.05, 3.63) is 10.1 Å². The van der Waals surface area contributed by atoms with Gasteiger partial charge in [0, 0.05) is 0 Å². The van der Waals surface area contributed by atoms with E-state index in [1.54, 1.807) is 0 Å². The van der Waals surface area contributed by atoms with Gasteiger partial charge in [-0.2, -0.15) is 4.84 Å². The van der Waals surface area contributed by atoms with Crippen molar-refractivity contribution in [1.29, 1.82) is 0 Å². The monoisotopic (exact) mass is 175 g/mol. The molecule has 0 aromatic heterocycles. The summed E-state index contributed by atoms with van der Waals surface area (Å²) in [5.41, 5.74) is 0. The molecule has 1 saturated carbocycles. The van der Waals surface area contributed by atoms with Crippen LogP contribution in [0, 0.1) is 10.1 Å². The van der Waals surface area contributed by atoms with Crippen LogP contribution in [0.4, 0.5) is 4.79 Å². The molecule has 6 heteroatoms. The van der Waals surface area contributed by atoms with E-state index in [1.807, 2.05) is 0 Å². The van der Waals surface area contributed by atoms with Crippen molar-refractivity contribution in [3.63, 3.8) is 0 Å². The summed E-state index contributed by atoms with van der Waals surface area (Å²) in [4.78, 5) is 23.8. The largest absolute Gasteiger partial charge is 0.486 e. The van der Waals surface area contributed by atoms with Crippen LogP contribution in [0.3, 0.4) is 0 Å². The van der Waals surface area contributed by atoms with Crippen LogP contribution in [0.1, 0.15) is 25.7 Å². The van der Waals surface area contributed by atoms with Gasteiger partial charge >= 0.3 is 11.2 Å². The molecule has 0 aliphatic heterocycles. The fourth-order valence-electron chi connectivity index (χ4n) is 1.22. The van der Waals surface area contributed by atoms with E-state index in [9.17, 15) is 14.9 Å². The molecule has 1 fully saturated rings. The van der Waals surface area contributed by atoms with Crippen molar-refractivity contribution in [3.8, 4) is 0 Å². The van der Waals surface area contributed by atoms with Gasteiger partial charge in [-0.1, -0.05) is 0 Å². The molecule has 0 amide bonds. The van der Waals surface area contributed by atoms with Crippen LogP contribution in [0.15, 0.2) is 0 Å². The highest BCUT2D eigenvalue weighted by Gasteiger charge is 2.20. The van der Waals surface area contributed by atoms with Crippen LogP contribution < -0.4 is 0 Å². The minimum absolute atomic E-state index is 0.197. The fourth-order valence-corrected chi connectivity index (χ4v) is 1.22. The van der Waals surface area contributed by atoms with Gasteiger partial charge in [0.2, 0.25) is 0 Å². The average molecular weight is 175 g/mol. The number of hydrogen-bond acceptors (Lipinski definition) is 5. The molecule has 0 aromatic rings. The van der Waals surface area contributed by atoms with E-state index >= 15 is 0 Å². The lowest BCUT2D eigenvalue weighted by Crippen LogP contribution is -2.18. The molecule has 0 spiro atoms. The van der Waals surface area contributed by atoms with Crippen molar-refractivity contribution in [2.24, 2.45) is 0 Å². The van der Waals surface area contributed by atoms with Gasteiger partial charge in [0.1, 0.15) is 6.10 Å². The first-order valence-electron chi connectivity index (χ1n) is 3.71. The smallest absolute Gasteiger partial charge is 0.442 e. The van der Waals surface area contributed by atoms with Crippen LogP contribution in [0.2, 0.25) is 0 Å². The van der Waals surface area contributed by atoms with E-state index < -0.39 is 11.2 Å². The SMILES string of the molecule is O=C(OC1CCCC1)O[N+](=O)[O-]. The molecule has 0 heterocycles. The van der Waals surface area contributed by atoms with Gasteiger partial charge in [-0.25, -0.2) is 4.79 Å². The van der Waals surface area contributed by atoms with Crippen molar-refractivity contribution < 1.29 is 19.5 Å². The topological polar surface area (TPSA) is 78.7 Å². The average Bonchev–Trinajstić information content (AvgIpc) is 2.37. The van der Waals surface area contributed by atoms with Crippen molar-refractivity contribution >= 4 is 6.16 Å². The molecule has 68 valence electrons. The van der Waals surface area contributed by atoms with Crippen LogP contribution in [0.5, 0.6) is 0 Å². The maximum absolute atomic E-state index is 10.5.